The van der Waals surface area contributed by atoms with E-state index in [1.807, 2.05) is 18.2 Å². The molecule has 3 rings (SSSR count). The molecule has 18 heavy (non-hydrogen) atoms. The van der Waals surface area contributed by atoms with Crippen molar-refractivity contribution in [1.82, 2.24) is 9.88 Å². The summed E-state index contributed by atoms with van der Waals surface area (Å²) in [6.45, 7) is 2.17. The molecule has 1 aromatic heterocycles. The van der Waals surface area contributed by atoms with Gasteiger partial charge in [-0.05, 0) is 31.5 Å². The molecule has 2 aromatic rings. The molecule has 3 nitrogen and oxygen atoms in total. The van der Waals surface area contributed by atoms with Crippen LogP contribution in [0.3, 0.4) is 0 Å². The number of aromatic nitrogens is 1. The van der Waals surface area contributed by atoms with Crippen LogP contribution in [0.2, 0.25) is 0 Å². The van der Waals surface area contributed by atoms with Crippen molar-refractivity contribution < 1.29 is 5.11 Å². The molecule has 0 aliphatic carbocycles. The van der Waals surface area contributed by atoms with E-state index < -0.39 is 0 Å². The molecular formula is C15H18N2O. The SMILES string of the molecule is OC[C@H]1CCCN1Cc1ccc2ccccc2n1. The number of benzene rings is 1. The van der Waals surface area contributed by atoms with Gasteiger partial charge in [-0.2, -0.15) is 0 Å². The molecule has 0 unspecified atom stereocenters. The normalized spacial score (nSPS) is 20.6. The van der Waals surface area contributed by atoms with Crippen LogP contribution in [0.4, 0.5) is 0 Å². The van der Waals surface area contributed by atoms with Crippen LogP contribution in [0.1, 0.15) is 18.5 Å². The van der Waals surface area contributed by atoms with E-state index in [0.29, 0.717) is 6.04 Å². The van der Waals surface area contributed by atoms with Gasteiger partial charge in [0.15, 0.2) is 0 Å². The average molecular weight is 242 g/mol. The first-order valence-corrected chi connectivity index (χ1v) is 6.56. The summed E-state index contributed by atoms with van der Waals surface area (Å²) in [7, 11) is 0. The molecule has 1 atom stereocenters. The highest BCUT2D eigenvalue weighted by atomic mass is 16.3. The van der Waals surface area contributed by atoms with E-state index in [0.717, 1.165) is 30.7 Å². The van der Waals surface area contributed by atoms with Crippen LogP contribution in [0.5, 0.6) is 0 Å². The third kappa shape index (κ3) is 2.24. The van der Waals surface area contributed by atoms with Crippen molar-refractivity contribution in [2.45, 2.75) is 25.4 Å². The maximum absolute atomic E-state index is 9.32. The minimum absolute atomic E-state index is 0.258. The van der Waals surface area contributed by atoms with Crippen molar-refractivity contribution in [2.24, 2.45) is 0 Å². The fraction of sp³-hybridized carbons (Fsp3) is 0.400. The largest absolute Gasteiger partial charge is 0.395 e. The predicted molar refractivity (Wildman–Crippen MR) is 72.3 cm³/mol. The van der Waals surface area contributed by atoms with Crippen molar-refractivity contribution in [2.75, 3.05) is 13.2 Å². The Morgan fingerprint density at radius 2 is 2.11 bits per heavy atom. The predicted octanol–water partition coefficient (Wildman–Crippen LogP) is 2.19. The van der Waals surface area contributed by atoms with Gasteiger partial charge in [-0.3, -0.25) is 9.88 Å². The standard InChI is InChI=1S/C15H18N2O/c18-11-14-5-3-9-17(14)10-13-8-7-12-4-1-2-6-15(12)16-13/h1-2,4,6-8,14,18H,3,5,9-11H2/t14-/m1/s1. The fourth-order valence-corrected chi connectivity index (χ4v) is 2.71. The van der Waals surface area contributed by atoms with Gasteiger partial charge >= 0.3 is 0 Å². The highest BCUT2D eigenvalue weighted by molar-refractivity contribution is 5.78. The first-order chi connectivity index (χ1) is 8.86. The maximum Gasteiger partial charge on any atom is 0.0705 e. The molecule has 2 heterocycles. The lowest BCUT2D eigenvalue weighted by atomic mass is 10.2. The van der Waals surface area contributed by atoms with Crippen molar-refractivity contribution in [3.05, 3.63) is 42.1 Å². The smallest absolute Gasteiger partial charge is 0.0705 e. The molecule has 0 bridgehead atoms. The number of para-hydroxylation sites is 1. The molecule has 94 valence electrons. The van der Waals surface area contributed by atoms with E-state index in [9.17, 15) is 5.11 Å². The van der Waals surface area contributed by atoms with E-state index in [-0.39, 0.29) is 6.61 Å². The highest BCUT2D eigenvalue weighted by Crippen LogP contribution is 2.20. The van der Waals surface area contributed by atoms with E-state index in [4.69, 9.17) is 0 Å². The lowest BCUT2D eigenvalue weighted by Gasteiger charge is -2.22. The van der Waals surface area contributed by atoms with Gasteiger partial charge in [0.1, 0.15) is 0 Å². The van der Waals surface area contributed by atoms with Crippen LogP contribution < -0.4 is 0 Å². The van der Waals surface area contributed by atoms with Crippen LogP contribution >= 0.6 is 0 Å². The van der Waals surface area contributed by atoms with Gasteiger partial charge in [0, 0.05) is 18.0 Å². The van der Waals surface area contributed by atoms with E-state index in [2.05, 4.69) is 28.1 Å². The lowest BCUT2D eigenvalue weighted by molar-refractivity contribution is 0.152. The van der Waals surface area contributed by atoms with Crippen molar-refractivity contribution in [3.8, 4) is 0 Å². The Kier molecular flexibility index (Phi) is 3.26. The summed E-state index contributed by atoms with van der Waals surface area (Å²) < 4.78 is 0. The topological polar surface area (TPSA) is 36.4 Å². The van der Waals surface area contributed by atoms with Gasteiger partial charge in [-0.15, -0.1) is 0 Å². The molecule has 0 spiro atoms. The van der Waals surface area contributed by atoms with Crippen LogP contribution in [-0.4, -0.2) is 34.2 Å². The minimum Gasteiger partial charge on any atom is -0.395 e. The summed E-state index contributed by atoms with van der Waals surface area (Å²) in [4.78, 5) is 7.01. The second-order valence-corrected chi connectivity index (χ2v) is 4.94. The molecule has 3 heteroatoms. The van der Waals surface area contributed by atoms with Gasteiger partial charge in [0.2, 0.25) is 0 Å². The zero-order valence-corrected chi connectivity index (χ0v) is 10.4. The Hall–Kier alpha value is -1.45. The number of likely N-dealkylation sites (tertiary alicyclic amines) is 1. The number of aliphatic hydroxyl groups excluding tert-OH is 1. The van der Waals surface area contributed by atoms with Crippen LogP contribution in [0, 0.1) is 0 Å². The Labute approximate surface area is 107 Å². The molecule has 1 N–H and O–H groups in total. The molecule has 0 amide bonds. The van der Waals surface area contributed by atoms with Crippen molar-refractivity contribution in [3.63, 3.8) is 0 Å². The van der Waals surface area contributed by atoms with Crippen LogP contribution in [0.25, 0.3) is 10.9 Å². The van der Waals surface area contributed by atoms with Gasteiger partial charge in [-0.1, -0.05) is 24.3 Å². The van der Waals surface area contributed by atoms with Crippen LogP contribution in [-0.2, 0) is 6.54 Å². The number of rotatable bonds is 3. The second kappa shape index (κ2) is 5.04. The summed E-state index contributed by atoms with van der Waals surface area (Å²) in [5.41, 5.74) is 2.14. The van der Waals surface area contributed by atoms with Gasteiger partial charge < -0.3 is 5.11 Å². The zero-order chi connectivity index (χ0) is 12.4. The molecular weight excluding hydrogens is 224 g/mol. The summed E-state index contributed by atoms with van der Waals surface area (Å²) in [6.07, 6.45) is 2.28. The van der Waals surface area contributed by atoms with E-state index in [1.54, 1.807) is 0 Å². The Morgan fingerprint density at radius 1 is 1.22 bits per heavy atom. The summed E-state index contributed by atoms with van der Waals surface area (Å²) in [6, 6.07) is 12.7. The first kappa shape index (κ1) is 11.6. The second-order valence-electron chi connectivity index (χ2n) is 4.94. The minimum atomic E-state index is 0.258. The molecule has 1 aliphatic heterocycles. The first-order valence-electron chi connectivity index (χ1n) is 6.56. The molecule has 1 fully saturated rings. The molecule has 0 radical (unpaired) electrons. The average Bonchev–Trinajstić information content (AvgIpc) is 2.86. The Morgan fingerprint density at radius 3 is 3.00 bits per heavy atom. The number of hydrogen-bond acceptors (Lipinski definition) is 3. The van der Waals surface area contributed by atoms with Gasteiger partial charge in [0.05, 0.1) is 17.8 Å². The monoisotopic (exact) mass is 242 g/mol. The number of aliphatic hydroxyl groups is 1. The van der Waals surface area contributed by atoms with E-state index >= 15 is 0 Å². The Balaban J connectivity index is 1.82. The van der Waals surface area contributed by atoms with Gasteiger partial charge in [-0.25, -0.2) is 0 Å². The number of fused-ring (bicyclic) bond motifs is 1. The third-order valence-corrected chi connectivity index (χ3v) is 3.73. The highest BCUT2D eigenvalue weighted by Gasteiger charge is 2.23. The maximum atomic E-state index is 9.32. The van der Waals surface area contributed by atoms with Crippen molar-refractivity contribution in [1.29, 1.82) is 0 Å². The van der Waals surface area contributed by atoms with Crippen LogP contribution in [0.15, 0.2) is 36.4 Å². The lowest BCUT2D eigenvalue weighted by Crippen LogP contribution is -2.31. The molecule has 1 aromatic carbocycles. The fourth-order valence-electron chi connectivity index (χ4n) is 2.71. The summed E-state index contributed by atoms with van der Waals surface area (Å²) in [5, 5.41) is 10.5. The molecule has 1 saturated heterocycles. The third-order valence-electron chi connectivity index (χ3n) is 3.73. The van der Waals surface area contributed by atoms with Gasteiger partial charge in [0.25, 0.3) is 0 Å². The summed E-state index contributed by atoms with van der Waals surface area (Å²) in [5.74, 6) is 0. The Bertz CT molecular complexity index is 541. The zero-order valence-electron chi connectivity index (χ0n) is 10.4. The van der Waals surface area contributed by atoms with Crippen molar-refractivity contribution >= 4 is 10.9 Å². The molecule has 1 aliphatic rings. The van der Waals surface area contributed by atoms with E-state index in [1.165, 1.54) is 11.8 Å². The number of pyridine rings is 1. The molecule has 0 saturated carbocycles. The number of hydrogen-bond donors (Lipinski definition) is 1. The summed E-state index contributed by atoms with van der Waals surface area (Å²) >= 11 is 0. The number of nitrogens with zero attached hydrogens (tertiary/aromatic N) is 2. The quantitative estimate of drug-likeness (QED) is 0.896.